The molecule has 5 heteroatoms. The molecular formula is C26H27NO4. The van der Waals surface area contributed by atoms with Gasteiger partial charge in [-0.1, -0.05) is 72.8 Å². The van der Waals surface area contributed by atoms with Crippen LogP contribution < -0.4 is 10.2 Å². The molecule has 5 nitrogen and oxygen atoms in total. The largest absolute Gasteiger partial charge is 0.491 e. The number of ether oxygens (including phenoxy) is 1. The van der Waals surface area contributed by atoms with Crippen LogP contribution in [0.4, 0.5) is 0 Å². The van der Waals surface area contributed by atoms with E-state index < -0.39 is 5.97 Å². The Morgan fingerprint density at radius 2 is 1.68 bits per heavy atom. The Balaban J connectivity index is 1.49. The van der Waals surface area contributed by atoms with Crippen molar-refractivity contribution in [3.63, 3.8) is 0 Å². The van der Waals surface area contributed by atoms with E-state index in [1.54, 1.807) is 12.1 Å². The number of hydrogen-bond acceptors (Lipinski definition) is 4. The van der Waals surface area contributed by atoms with Gasteiger partial charge < -0.3 is 9.84 Å². The molecule has 0 amide bonds. The Bertz CT molecular complexity index is 1030. The quantitative estimate of drug-likeness (QED) is 0.348. The Morgan fingerprint density at radius 1 is 0.968 bits per heavy atom. The van der Waals surface area contributed by atoms with Crippen LogP contribution in [0.25, 0.3) is 16.8 Å². The zero-order valence-corrected chi connectivity index (χ0v) is 17.8. The Hall–Kier alpha value is -3.57. The highest BCUT2D eigenvalue weighted by Gasteiger charge is 2.06. The van der Waals surface area contributed by atoms with E-state index >= 15 is 0 Å². The summed E-state index contributed by atoms with van der Waals surface area (Å²) in [6.07, 6.45) is 1.93. The van der Waals surface area contributed by atoms with Crippen molar-refractivity contribution < 1.29 is 19.5 Å². The number of carboxylic acid groups (broad SMARTS) is 1. The number of carboxylic acids is 1. The minimum atomic E-state index is -0.863. The molecule has 3 aromatic rings. The summed E-state index contributed by atoms with van der Waals surface area (Å²) < 4.78 is 5.77. The Kier molecular flexibility index (Phi) is 7.85. The average Bonchev–Trinajstić information content (AvgIpc) is 2.78. The van der Waals surface area contributed by atoms with Crippen LogP contribution >= 0.6 is 0 Å². The average molecular weight is 418 g/mol. The monoisotopic (exact) mass is 417 g/mol. The molecule has 3 aromatic carbocycles. The summed E-state index contributed by atoms with van der Waals surface area (Å²) in [5.74, 6) is -0.192. The molecule has 3 rings (SSSR count). The third kappa shape index (κ3) is 6.46. The number of aliphatic carboxylic acids is 1. The van der Waals surface area contributed by atoms with Crippen LogP contribution in [0.3, 0.4) is 0 Å². The number of allylic oxidation sites excluding steroid dienone is 1. The van der Waals surface area contributed by atoms with Gasteiger partial charge in [-0.25, -0.2) is 0 Å². The molecule has 0 aliphatic rings. The van der Waals surface area contributed by atoms with E-state index in [1.807, 2.05) is 44.2 Å². The maximum atomic E-state index is 10.9. The second-order valence-electron chi connectivity index (χ2n) is 7.12. The van der Waals surface area contributed by atoms with Crippen molar-refractivity contribution in [2.24, 2.45) is 0 Å². The van der Waals surface area contributed by atoms with Crippen molar-refractivity contribution in [3.05, 3.63) is 95.6 Å². The fraction of sp³-hybridized carbons (Fsp3) is 0.192. The SMILES string of the molecule is CC=C(NOCCOc1cc(CC(=O)O)ccc1C)c1ccc(-c2ccccc2)cc1. The maximum Gasteiger partial charge on any atom is 0.307 e. The maximum absolute atomic E-state index is 10.9. The van der Waals surface area contributed by atoms with E-state index in [-0.39, 0.29) is 6.42 Å². The molecular weight excluding hydrogens is 390 g/mol. The van der Waals surface area contributed by atoms with Crippen LogP contribution in [0.1, 0.15) is 23.6 Å². The molecule has 0 spiro atoms. The van der Waals surface area contributed by atoms with Crippen LogP contribution in [0.15, 0.2) is 78.9 Å². The second-order valence-corrected chi connectivity index (χ2v) is 7.12. The molecule has 0 radical (unpaired) electrons. The fourth-order valence-corrected chi connectivity index (χ4v) is 3.16. The van der Waals surface area contributed by atoms with Gasteiger partial charge in [0.05, 0.1) is 12.1 Å². The molecule has 0 aliphatic heterocycles. The lowest BCUT2D eigenvalue weighted by Gasteiger charge is -2.13. The lowest BCUT2D eigenvalue weighted by atomic mass is 10.0. The predicted octanol–water partition coefficient (Wildman–Crippen LogP) is 5.25. The highest BCUT2D eigenvalue weighted by molar-refractivity contribution is 5.70. The topological polar surface area (TPSA) is 67.8 Å². The molecule has 2 N–H and O–H groups in total. The third-order valence-electron chi connectivity index (χ3n) is 4.82. The van der Waals surface area contributed by atoms with Crippen molar-refractivity contribution in [2.45, 2.75) is 20.3 Å². The molecule has 0 saturated heterocycles. The molecule has 0 unspecified atom stereocenters. The first-order valence-corrected chi connectivity index (χ1v) is 10.2. The zero-order chi connectivity index (χ0) is 22.1. The second kappa shape index (κ2) is 11.0. The summed E-state index contributed by atoms with van der Waals surface area (Å²) in [6, 6.07) is 24.0. The molecule has 0 aliphatic carbocycles. The van der Waals surface area contributed by atoms with Gasteiger partial charge in [0.15, 0.2) is 0 Å². The predicted molar refractivity (Wildman–Crippen MR) is 123 cm³/mol. The van der Waals surface area contributed by atoms with Gasteiger partial charge in [0.1, 0.15) is 19.0 Å². The Labute approximate surface area is 182 Å². The molecule has 0 bridgehead atoms. The highest BCUT2D eigenvalue weighted by Crippen LogP contribution is 2.22. The van der Waals surface area contributed by atoms with E-state index in [9.17, 15) is 4.79 Å². The van der Waals surface area contributed by atoms with Gasteiger partial charge in [0.25, 0.3) is 0 Å². The van der Waals surface area contributed by atoms with Crippen LogP contribution in [-0.2, 0) is 16.1 Å². The van der Waals surface area contributed by atoms with Crippen LogP contribution in [0, 0.1) is 6.92 Å². The van der Waals surface area contributed by atoms with Crippen molar-refractivity contribution in [1.29, 1.82) is 0 Å². The van der Waals surface area contributed by atoms with Gasteiger partial charge in [0, 0.05) is 0 Å². The lowest BCUT2D eigenvalue weighted by molar-refractivity contribution is -0.136. The normalized spacial score (nSPS) is 11.2. The first kappa shape index (κ1) is 22.1. The minimum absolute atomic E-state index is 0.0254. The van der Waals surface area contributed by atoms with Crippen LogP contribution in [-0.4, -0.2) is 24.3 Å². The number of hydroxylamine groups is 1. The molecule has 0 heterocycles. The van der Waals surface area contributed by atoms with E-state index in [1.165, 1.54) is 5.56 Å². The fourth-order valence-electron chi connectivity index (χ4n) is 3.16. The van der Waals surface area contributed by atoms with E-state index in [0.717, 1.165) is 22.4 Å². The van der Waals surface area contributed by atoms with E-state index in [4.69, 9.17) is 14.7 Å². The smallest absolute Gasteiger partial charge is 0.307 e. The highest BCUT2D eigenvalue weighted by atomic mass is 16.7. The number of hydrogen-bond donors (Lipinski definition) is 2. The summed E-state index contributed by atoms with van der Waals surface area (Å²) in [7, 11) is 0. The van der Waals surface area contributed by atoms with Gasteiger partial charge in [-0.2, -0.15) is 0 Å². The number of rotatable bonds is 10. The van der Waals surface area contributed by atoms with Gasteiger partial charge >= 0.3 is 5.97 Å². The van der Waals surface area contributed by atoms with Crippen molar-refractivity contribution in [1.82, 2.24) is 5.48 Å². The summed E-state index contributed by atoms with van der Waals surface area (Å²) in [5.41, 5.74) is 8.90. The molecule has 160 valence electrons. The van der Waals surface area contributed by atoms with Crippen molar-refractivity contribution in [3.8, 4) is 16.9 Å². The first-order valence-electron chi connectivity index (χ1n) is 10.2. The minimum Gasteiger partial charge on any atom is -0.491 e. The van der Waals surface area contributed by atoms with E-state index in [2.05, 4.69) is 41.9 Å². The molecule has 31 heavy (non-hydrogen) atoms. The molecule has 0 fully saturated rings. The molecule has 0 saturated carbocycles. The first-order chi connectivity index (χ1) is 15.1. The van der Waals surface area contributed by atoms with E-state index in [0.29, 0.717) is 24.5 Å². The summed E-state index contributed by atoms with van der Waals surface area (Å²) in [6.45, 7) is 4.55. The number of benzene rings is 3. The standard InChI is InChI=1S/C26H27NO4/c1-3-24(23-13-11-22(12-14-23)21-7-5-4-6-8-21)27-31-16-15-30-25-17-20(18-26(28)29)10-9-19(25)2/h3-14,17,27H,15-16,18H2,1-2H3,(H,28,29). The third-order valence-corrected chi connectivity index (χ3v) is 4.82. The molecule has 0 aromatic heterocycles. The van der Waals surface area contributed by atoms with Crippen LogP contribution in [0.2, 0.25) is 0 Å². The molecule has 0 atom stereocenters. The summed E-state index contributed by atoms with van der Waals surface area (Å²) >= 11 is 0. The van der Waals surface area contributed by atoms with Gasteiger partial charge in [-0.15, -0.1) is 0 Å². The van der Waals surface area contributed by atoms with Crippen molar-refractivity contribution >= 4 is 11.7 Å². The number of aryl methyl sites for hydroxylation is 1. The number of carbonyl (C=O) groups is 1. The van der Waals surface area contributed by atoms with Gasteiger partial charge in [-0.3, -0.25) is 15.1 Å². The van der Waals surface area contributed by atoms with Gasteiger partial charge in [-0.05, 0) is 47.7 Å². The van der Waals surface area contributed by atoms with Crippen molar-refractivity contribution in [2.75, 3.05) is 13.2 Å². The summed E-state index contributed by atoms with van der Waals surface area (Å²) in [5, 5.41) is 8.94. The Morgan fingerprint density at radius 3 is 2.35 bits per heavy atom. The van der Waals surface area contributed by atoms with Gasteiger partial charge in [0.2, 0.25) is 0 Å². The van der Waals surface area contributed by atoms with Crippen LogP contribution in [0.5, 0.6) is 5.75 Å². The lowest BCUT2D eigenvalue weighted by Crippen LogP contribution is -2.18. The summed E-state index contributed by atoms with van der Waals surface area (Å²) in [4.78, 5) is 16.5. The number of nitrogens with one attached hydrogen (secondary N) is 1. The zero-order valence-electron chi connectivity index (χ0n) is 17.8.